The van der Waals surface area contributed by atoms with Crippen LogP contribution in [0.25, 0.3) is 0 Å². The molecule has 3 rings (SSSR count). The Balaban J connectivity index is 1.98. The Hall–Kier alpha value is -1.83. The van der Waals surface area contributed by atoms with Gasteiger partial charge in [0.25, 0.3) is 0 Å². The van der Waals surface area contributed by atoms with E-state index in [-0.39, 0.29) is 17.3 Å². The highest BCUT2D eigenvalue weighted by atomic mass is 19.1. The second-order valence-electron chi connectivity index (χ2n) is 5.82. The lowest BCUT2D eigenvalue weighted by atomic mass is 9.87. The van der Waals surface area contributed by atoms with Crippen molar-refractivity contribution >= 4 is 0 Å². The Kier molecular flexibility index (Phi) is 2.81. The van der Waals surface area contributed by atoms with Crippen molar-refractivity contribution in [1.29, 1.82) is 0 Å². The lowest BCUT2D eigenvalue weighted by Gasteiger charge is -2.28. The summed E-state index contributed by atoms with van der Waals surface area (Å²) in [6.45, 7) is 4.33. The number of para-hydroxylation sites is 1. The molecule has 1 unspecified atom stereocenters. The highest BCUT2D eigenvalue weighted by molar-refractivity contribution is 5.38. The lowest BCUT2D eigenvalue weighted by molar-refractivity contribution is 0.0902. The van der Waals surface area contributed by atoms with Gasteiger partial charge in [-0.3, -0.25) is 0 Å². The van der Waals surface area contributed by atoms with Gasteiger partial charge in [0.1, 0.15) is 17.7 Å². The van der Waals surface area contributed by atoms with E-state index in [1.54, 1.807) is 6.07 Å². The van der Waals surface area contributed by atoms with Crippen LogP contribution >= 0.6 is 0 Å². The molecule has 2 aromatic rings. The molecule has 0 aliphatic heterocycles. The van der Waals surface area contributed by atoms with Crippen LogP contribution in [-0.2, 0) is 6.42 Å². The van der Waals surface area contributed by atoms with Gasteiger partial charge in [0.2, 0.25) is 0 Å². The molecular weight excluding hydrogens is 239 g/mol. The Morgan fingerprint density at radius 3 is 2.58 bits per heavy atom. The fraction of sp³-hybridized carbons (Fsp3) is 0.294. The largest absolute Gasteiger partial charge is 0.485 e. The zero-order valence-corrected chi connectivity index (χ0v) is 11.2. The van der Waals surface area contributed by atoms with E-state index in [9.17, 15) is 4.39 Å². The van der Waals surface area contributed by atoms with Gasteiger partial charge in [-0.2, -0.15) is 0 Å². The smallest absolute Gasteiger partial charge is 0.129 e. The number of hydrogen-bond donors (Lipinski definition) is 0. The molecule has 0 fully saturated rings. The monoisotopic (exact) mass is 256 g/mol. The van der Waals surface area contributed by atoms with Crippen molar-refractivity contribution in [2.24, 2.45) is 5.41 Å². The summed E-state index contributed by atoms with van der Waals surface area (Å²) in [5.41, 5.74) is 2.15. The number of fused-ring (bicyclic) bond motifs is 1. The van der Waals surface area contributed by atoms with Crippen molar-refractivity contribution in [3.05, 3.63) is 65.5 Å². The summed E-state index contributed by atoms with van der Waals surface area (Å²) in [7, 11) is 0. The van der Waals surface area contributed by atoms with Gasteiger partial charge in [0.15, 0.2) is 0 Å². The molecule has 1 aliphatic carbocycles. The summed E-state index contributed by atoms with van der Waals surface area (Å²) in [6.07, 6.45) is 0.820. The molecule has 2 heteroatoms. The predicted molar refractivity (Wildman–Crippen MR) is 73.7 cm³/mol. The first-order valence-corrected chi connectivity index (χ1v) is 6.56. The van der Waals surface area contributed by atoms with Crippen LogP contribution in [0.4, 0.5) is 4.39 Å². The molecular formula is C17H17FO. The summed E-state index contributed by atoms with van der Waals surface area (Å²) in [4.78, 5) is 0. The molecule has 98 valence electrons. The van der Waals surface area contributed by atoms with Crippen LogP contribution in [0.3, 0.4) is 0 Å². The molecule has 19 heavy (non-hydrogen) atoms. The molecule has 0 aromatic heterocycles. The van der Waals surface area contributed by atoms with Crippen LogP contribution in [0.15, 0.2) is 48.5 Å². The zero-order valence-electron chi connectivity index (χ0n) is 11.2. The first-order chi connectivity index (χ1) is 9.06. The summed E-state index contributed by atoms with van der Waals surface area (Å²) >= 11 is 0. The highest BCUT2D eigenvalue weighted by Crippen LogP contribution is 2.47. The lowest BCUT2D eigenvalue weighted by Crippen LogP contribution is -2.22. The van der Waals surface area contributed by atoms with E-state index in [1.807, 2.05) is 36.4 Å². The summed E-state index contributed by atoms with van der Waals surface area (Å²) < 4.78 is 19.6. The van der Waals surface area contributed by atoms with E-state index in [4.69, 9.17) is 4.74 Å². The van der Waals surface area contributed by atoms with E-state index in [0.29, 0.717) is 0 Å². The molecule has 0 spiro atoms. The van der Waals surface area contributed by atoms with E-state index >= 15 is 0 Å². The van der Waals surface area contributed by atoms with Crippen LogP contribution < -0.4 is 4.74 Å². The number of halogens is 1. The Morgan fingerprint density at radius 1 is 1.11 bits per heavy atom. The maximum Gasteiger partial charge on any atom is 0.129 e. The predicted octanol–water partition coefficient (Wildman–Crippen LogP) is 4.53. The van der Waals surface area contributed by atoms with Crippen LogP contribution in [0, 0.1) is 11.2 Å². The van der Waals surface area contributed by atoms with E-state index in [1.165, 1.54) is 11.6 Å². The van der Waals surface area contributed by atoms with Crippen LogP contribution in [0.5, 0.6) is 5.75 Å². The average Bonchev–Trinajstić information content (AvgIpc) is 2.62. The summed E-state index contributed by atoms with van der Waals surface area (Å²) in [5.74, 6) is 0.635. The summed E-state index contributed by atoms with van der Waals surface area (Å²) in [6, 6.07) is 14.7. The maximum absolute atomic E-state index is 13.5. The number of ether oxygens (including phenoxy) is 1. The van der Waals surface area contributed by atoms with Crippen molar-refractivity contribution in [1.82, 2.24) is 0 Å². The third-order valence-corrected chi connectivity index (χ3v) is 3.74. The van der Waals surface area contributed by atoms with Crippen molar-refractivity contribution < 1.29 is 9.13 Å². The fourth-order valence-electron chi connectivity index (χ4n) is 2.83. The topological polar surface area (TPSA) is 9.23 Å². The SMILES string of the molecule is CC1(C)Cc2ccc(F)cc2C1Oc1ccccc1. The minimum Gasteiger partial charge on any atom is -0.485 e. The zero-order chi connectivity index (χ0) is 13.5. The molecule has 0 saturated heterocycles. The van der Waals surface area contributed by atoms with E-state index in [0.717, 1.165) is 17.7 Å². The molecule has 1 aliphatic rings. The first kappa shape index (κ1) is 12.2. The van der Waals surface area contributed by atoms with E-state index < -0.39 is 0 Å². The molecule has 0 radical (unpaired) electrons. The molecule has 2 aromatic carbocycles. The normalized spacial score (nSPS) is 20.1. The highest BCUT2D eigenvalue weighted by Gasteiger charge is 2.40. The third kappa shape index (κ3) is 2.23. The van der Waals surface area contributed by atoms with Gasteiger partial charge in [0, 0.05) is 5.41 Å². The van der Waals surface area contributed by atoms with Gasteiger partial charge >= 0.3 is 0 Å². The first-order valence-electron chi connectivity index (χ1n) is 6.56. The molecule has 0 heterocycles. The number of hydrogen-bond acceptors (Lipinski definition) is 1. The van der Waals surface area contributed by atoms with Gasteiger partial charge < -0.3 is 4.74 Å². The molecule has 0 saturated carbocycles. The quantitative estimate of drug-likeness (QED) is 0.767. The third-order valence-electron chi connectivity index (χ3n) is 3.74. The average molecular weight is 256 g/mol. The standard InChI is InChI=1S/C17H17FO/c1-17(2)11-12-8-9-13(18)10-15(12)16(17)19-14-6-4-3-5-7-14/h3-10,16H,11H2,1-2H3. The van der Waals surface area contributed by atoms with Crippen LogP contribution in [0.2, 0.25) is 0 Å². The molecule has 0 N–H and O–H groups in total. The Morgan fingerprint density at radius 2 is 1.84 bits per heavy atom. The van der Waals surface area contributed by atoms with Gasteiger partial charge in [-0.25, -0.2) is 4.39 Å². The van der Waals surface area contributed by atoms with Crippen LogP contribution in [0.1, 0.15) is 31.1 Å². The fourth-order valence-corrected chi connectivity index (χ4v) is 2.83. The maximum atomic E-state index is 13.5. The van der Waals surface area contributed by atoms with Crippen molar-refractivity contribution in [2.75, 3.05) is 0 Å². The van der Waals surface area contributed by atoms with E-state index in [2.05, 4.69) is 13.8 Å². The Labute approximate surface area is 113 Å². The van der Waals surface area contributed by atoms with Gasteiger partial charge in [-0.15, -0.1) is 0 Å². The minimum atomic E-state index is -0.196. The molecule has 1 atom stereocenters. The van der Waals surface area contributed by atoms with Crippen molar-refractivity contribution in [3.8, 4) is 5.75 Å². The van der Waals surface area contributed by atoms with Gasteiger partial charge in [-0.05, 0) is 41.8 Å². The van der Waals surface area contributed by atoms with Gasteiger partial charge in [-0.1, -0.05) is 38.1 Å². The number of rotatable bonds is 2. The Bertz CT molecular complexity index is 589. The second kappa shape index (κ2) is 4.37. The summed E-state index contributed by atoms with van der Waals surface area (Å²) in [5, 5.41) is 0. The molecule has 0 amide bonds. The number of benzene rings is 2. The van der Waals surface area contributed by atoms with Crippen molar-refractivity contribution in [3.63, 3.8) is 0 Å². The van der Waals surface area contributed by atoms with Crippen LogP contribution in [-0.4, -0.2) is 0 Å². The molecule has 0 bridgehead atoms. The van der Waals surface area contributed by atoms with Gasteiger partial charge in [0.05, 0.1) is 0 Å². The molecule has 1 nitrogen and oxygen atoms in total. The van der Waals surface area contributed by atoms with Crippen molar-refractivity contribution in [2.45, 2.75) is 26.4 Å². The second-order valence-corrected chi connectivity index (χ2v) is 5.82. The minimum absolute atomic E-state index is 0.0219.